The number of phenols is 1. The van der Waals surface area contributed by atoms with E-state index in [1.807, 2.05) is 0 Å². The minimum absolute atomic E-state index is 0.0318. The maximum absolute atomic E-state index is 12.1. The Morgan fingerprint density at radius 3 is 2.56 bits per heavy atom. The van der Waals surface area contributed by atoms with Crippen LogP contribution >= 0.6 is 15.9 Å². The molecule has 0 heterocycles. The summed E-state index contributed by atoms with van der Waals surface area (Å²) in [7, 11) is 0. The molecule has 2 rings (SSSR count). The average Bonchev–Trinajstić information content (AvgIpc) is 2.61. The lowest BCUT2D eigenvalue weighted by atomic mass is 10.1. The number of halogens is 1. The quantitative estimate of drug-likeness (QED) is 0.820. The fraction of sp³-hybridized carbons (Fsp3) is 0.500. The van der Waals surface area contributed by atoms with Crippen LogP contribution in [0.4, 0.5) is 0 Å². The van der Waals surface area contributed by atoms with Gasteiger partial charge in [0.1, 0.15) is 5.75 Å². The summed E-state index contributed by atoms with van der Waals surface area (Å²) in [5.74, 6) is -0.148. The van der Waals surface area contributed by atoms with E-state index in [9.17, 15) is 9.90 Å². The predicted octanol–water partition coefficient (Wildman–Crippen LogP) is 3.61. The predicted molar refractivity (Wildman–Crippen MR) is 74.8 cm³/mol. The minimum atomic E-state index is -0.180. The monoisotopic (exact) mass is 311 g/mol. The zero-order valence-electron chi connectivity index (χ0n) is 10.3. The Labute approximate surface area is 116 Å². The molecule has 4 heteroatoms. The summed E-state index contributed by atoms with van der Waals surface area (Å²) in [6.45, 7) is 0. The first-order valence-corrected chi connectivity index (χ1v) is 7.25. The summed E-state index contributed by atoms with van der Waals surface area (Å²) >= 11 is 3.31. The third kappa shape index (κ3) is 3.48. The summed E-state index contributed by atoms with van der Waals surface area (Å²) in [6.07, 6.45) is 6.95. The largest absolute Gasteiger partial charge is 0.507 e. The molecule has 1 amide bonds. The lowest BCUT2D eigenvalue weighted by Gasteiger charge is -2.16. The molecule has 1 aliphatic carbocycles. The Kier molecular flexibility index (Phi) is 4.64. The van der Waals surface area contributed by atoms with Crippen LogP contribution in [0.1, 0.15) is 48.9 Å². The van der Waals surface area contributed by atoms with Gasteiger partial charge in [0.05, 0.1) is 5.56 Å². The van der Waals surface area contributed by atoms with E-state index in [4.69, 9.17) is 0 Å². The van der Waals surface area contributed by atoms with E-state index in [2.05, 4.69) is 21.2 Å². The lowest BCUT2D eigenvalue weighted by molar-refractivity contribution is 0.0930. The molecule has 0 saturated heterocycles. The first-order valence-electron chi connectivity index (χ1n) is 6.46. The standard InChI is InChI=1S/C14H18BrNO2/c15-10-7-8-13(17)12(9-10)14(18)16-11-5-3-1-2-4-6-11/h7-9,11,17H,1-6H2,(H,16,18). The fourth-order valence-corrected chi connectivity index (χ4v) is 2.74. The molecule has 98 valence electrons. The van der Waals surface area contributed by atoms with Crippen molar-refractivity contribution in [3.8, 4) is 5.75 Å². The van der Waals surface area contributed by atoms with Crippen molar-refractivity contribution < 1.29 is 9.90 Å². The molecule has 0 radical (unpaired) electrons. The third-order valence-electron chi connectivity index (χ3n) is 3.39. The highest BCUT2D eigenvalue weighted by Gasteiger charge is 2.17. The van der Waals surface area contributed by atoms with Crippen LogP contribution in [0.25, 0.3) is 0 Å². The number of rotatable bonds is 2. The molecule has 0 unspecified atom stereocenters. The van der Waals surface area contributed by atoms with E-state index >= 15 is 0 Å². The second-order valence-electron chi connectivity index (χ2n) is 4.82. The Morgan fingerprint density at radius 2 is 1.89 bits per heavy atom. The van der Waals surface area contributed by atoms with Crippen molar-refractivity contribution in [3.05, 3.63) is 28.2 Å². The number of hydrogen-bond acceptors (Lipinski definition) is 2. The van der Waals surface area contributed by atoms with Crippen molar-refractivity contribution in [2.75, 3.05) is 0 Å². The SMILES string of the molecule is O=C(NC1CCCCCC1)c1cc(Br)ccc1O. The molecule has 18 heavy (non-hydrogen) atoms. The van der Waals surface area contributed by atoms with E-state index in [0.717, 1.165) is 17.3 Å². The van der Waals surface area contributed by atoms with Crippen LogP contribution in [0.3, 0.4) is 0 Å². The third-order valence-corrected chi connectivity index (χ3v) is 3.89. The molecule has 1 fully saturated rings. The van der Waals surface area contributed by atoms with E-state index in [1.165, 1.54) is 31.7 Å². The van der Waals surface area contributed by atoms with Crippen LogP contribution in [-0.4, -0.2) is 17.1 Å². The highest BCUT2D eigenvalue weighted by molar-refractivity contribution is 9.10. The van der Waals surface area contributed by atoms with Gasteiger partial charge in [-0.2, -0.15) is 0 Å². The van der Waals surface area contributed by atoms with Crippen LogP contribution < -0.4 is 5.32 Å². The summed E-state index contributed by atoms with van der Waals surface area (Å²) in [4.78, 5) is 12.1. The zero-order valence-corrected chi connectivity index (χ0v) is 11.9. The molecule has 0 spiro atoms. The van der Waals surface area contributed by atoms with E-state index in [0.29, 0.717) is 5.56 Å². The van der Waals surface area contributed by atoms with Crippen LogP contribution in [0.15, 0.2) is 22.7 Å². The van der Waals surface area contributed by atoms with Crippen LogP contribution in [0, 0.1) is 0 Å². The van der Waals surface area contributed by atoms with Crippen molar-refractivity contribution in [3.63, 3.8) is 0 Å². The summed E-state index contributed by atoms with van der Waals surface area (Å²) in [6, 6.07) is 5.16. The maximum Gasteiger partial charge on any atom is 0.255 e. The van der Waals surface area contributed by atoms with Gasteiger partial charge in [0.2, 0.25) is 0 Å². The number of aromatic hydroxyl groups is 1. The molecule has 1 saturated carbocycles. The maximum atomic E-state index is 12.1. The summed E-state index contributed by atoms with van der Waals surface area (Å²) < 4.78 is 0.798. The molecule has 0 atom stereocenters. The van der Waals surface area contributed by atoms with E-state index in [1.54, 1.807) is 12.1 Å². The Bertz CT molecular complexity index is 426. The van der Waals surface area contributed by atoms with E-state index < -0.39 is 0 Å². The van der Waals surface area contributed by atoms with Gasteiger partial charge < -0.3 is 10.4 Å². The Morgan fingerprint density at radius 1 is 1.22 bits per heavy atom. The molecule has 1 aromatic rings. The number of hydrogen-bond donors (Lipinski definition) is 2. The van der Waals surface area contributed by atoms with Crippen molar-refractivity contribution in [1.82, 2.24) is 5.32 Å². The van der Waals surface area contributed by atoms with Gasteiger partial charge in [-0.25, -0.2) is 0 Å². The van der Waals surface area contributed by atoms with Gasteiger partial charge in [0.15, 0.2) is 0 Å². The van der Waals surface area contributed by atoms with Gasteiger partial charge in [-0.05, 0) is 31.0 Å². The average molecular weight is 312 g/mol. The zero-order chi connectivity index (χ0) is 13.0. The number of benzene rings is 1. The number of phenolic OH excluding ortho intramolecular Hbond substituents is 1. The lowest BCUT2D eigenvalue weighted by Crippen LogP contribution is -2.34. The first kappa shape index (κ1) is 13.4. The molecular weight excluding hydrogens is 294 g/mol. The van der Waals surface area contributed by atoms with Crippen LogP contribution in [0.5, 0.6) is 5.75 Å². The molecule has 2 N–H and O–H groups in total. The van der Waals surface area contributed by atoms with Crippen molar-refractivity contribution in [1.29, 1.82) is 0 Å². The summed E-state index contributed by atoms with van der Waals surface area (Å²) in [5, 5.41) is 12.7. The molecule has 0 aromatic heterocycles. The highest BCUT2D eigenvalue weighted by atomic mass is 79.9. The molecule has 0 bridgehead atoms. The topological polar surface area (TPSA) is 49.3 Å². The molecule has 1 aliphatic rings. The van der Waals surface area contributed by atoms with Gasteiger partial charge >= 0.3 is 0 Å². The second-order valence-corrected chi connectivity index (χ2v) is 5.74. The smallest absolute Gasteiger partial charge is 0.255 e. The van der Waals surface area contributed by atoms with Crippen molar-refractivity contribution >= 4 is 21.8 Å². The van der Waals surface area contributed by atoms with Crippen molar-refractivity contribution in [2.24, 2.45) is 0 Å². The van der Waals surface area contributed by atoms with Gasteiger partial charge in [-0.15, -0.1) is 0 Å². The first-order chi connectivity index (χ1) is 8.66. The number of carbonyl (C=O) groups excluding carboxylic acids is 1. The molecular formula is C14H18BrNO2. The second kappa shape index (κ2) is 6.23. The fourth-order valence-electron chi connectivity index (χ4n) is 2.38. The number of carbonyl (C=O) groups is 1. The van der Waals surface area contributed by atoms with Gasteiger partial charge in [0, 0.05) is 10.5 Å². The Hall–Kier alpha value is -1.03. The van der Waals surface area contributed by atoms with E-state index in [-0.39, 0.29) is 17.7 Å². The van der Waals surface area contributed by atoms with Crippen LogP contribution in [0.2, 0.25) is 0 Å². The molecule has 0 aliphatic heterocycles. The van der Waals surface area contributed by atoms with Gasteiger partial charge in [-0.3, -0.25) is 4.79 Å². The van der Waals surface area contributed by atoms with Crippen LogP contribution in [-0.2, 0) is 0 Å². The van der Waals surface area contributed by atoms with Gasteiger partial charge in [-0.1, -0.05) is 41.6 Å². The number of nitrogens with one attached hydrogen (secondary N) is 1. The summed E-state index contributed by atoms with van der Waals surface area (Å²) in [5.41, 5.74) is 0.341. The minimum Gasteiger partial charge on any atom is -0.507 e. The molecule has 3 nitrogen and oxygen atoms in total. The normalized spacial score (nSPS) is 17.2. The Balaban J connectivity index is 2.04. The highest BCUT2D eigenvalue weighted by Crippen LogP contribution is 2.23. The van der Waals surface area contributed by atoms with Crippen molar-refractivity contribution in [2.45, 2.75) is 44.6 Å². The molecule has 1 aromatic carbocycles. The van der Waals surface area contributed by atoms with Gasteiger partial charge in [0.25, 0.3) is 5.91 Å². The number of amides is 1.